The molecule has 3 aliphatic carbocycles. The van der Waals surface area contributed by atoms with E-state index in [1.807, 2.05) is 0 Å². The first-order valence-corrected chi connectivity index (χ1v) is 31.4. The van der Waals surface area contributed by atoms with Gasteiger partial charge in [-0.3, -0.25) is 0 Å². The molecule has 0 N–H and O–H groups in total. The molecule has 0 fully saturated rings. The minimum Gasteiger partial charge on any atom is -0.309 e. The SMILES string of the molecule is c1ccc2c(c1)-c1ccccc1C21c2cc3c4ccccc4n(-c4ccc(-n5c6ccccc6c6ccccc65)cc4)c3cc2C2(c3ccccc3-c3ccccc32)c2cc3c4ccccc4n(-c4ccc(-n5c6ccccc6c6ccccc65)cc4)c3cc21. The van der Waals surface area contributed by atoms with Gasteiger partial charge in [0, 0.05) is 65.8 Å². The third-order valence-electron chi connectivity index (χ3n) is 21.0. The molecular weight excluding hydrogens is 1090 g/mol. The molecule has 4 aromatic heterocycles. The predicted molar refractivity (Wildman–Crippen MR) is 372 cm³/mol. The maximum absolute atomic E-state index is 2.65. The zero-order chi connectivity index (χ0) is 58.6. The van der Waals surface area contributed by atoms with Crippen molar-refractivity contribution in [3.05, 3.63) is 360 Å². The van der Waals surface area contributed by atoms with Crippen LogP contribution in [-0.4, -0.2) is 18.3 Å². The summed E-state index contributed by atoms with van der Waals surface area (Å²) >= 11 is 0. The molecule has 21 rings (SSSR count). The van der Waals surface area contributed by atoms with Crippen LogP contribution in [0.15, 0.2) is 315 Å². The second kappa shape index (κ2) is 17.5. The van der Waals surface area contributed by atoms with Gasteiger partial charge in [-0.1, -0.05) is 206 Å². The fourth-order valence-electron chi connectivity index (χ4n) is 17.7. The van der Waals surface area contributed by atoms with E-state index in [1.165, 1.54) is 154 Å². The maximum Gasteiger partial charge on any atom is 0.0721 e. The average Bonchev–Trinajstić information content (AvgIpc) is 1.32. The van der Waals surface area contributed by atoms with Crippen molar-refractivity contribution in [1.82, 2.24) is 18.3 Å². The molecule has 4 heterocycles. The molecule has 416 valence electrons. The zero-order valence-electron chi connectivity index (χ0n) is 48.8. The van der Waals surface area contributed by atoms with Crippen LogP contribution in [0.4, 0.5) is 0 Å². The van der Waals surface area contributed by atoms with E-state index >= 15 is 0 Å². The average molecular weight is 1140 g/mol. The first-order chi connectivity index (χ1) is 44.7. The first kappa shape index (κ1) is 48.4. The number of fused-ring (bicyclic) bond motifs is 28. The lowest BCUT2D eigenvalue weighted by Crippen LogP contribution is -2.44. The predicted octanol–water partition coefficient (Wildman–Crippen LogP) is 21.1. The Hall–Kier alpha value is -11.7. The third kappa shape index (κ3) is 5.92. The van der Waals surface area contributed by atoms with Gasteiger partial charge in [0.05, 0.1) is 55.0 Å². The van der Waals surface area contributed by atoms with Crippen LogP contribution in [0, 0.1) is 0 Å². The Morgan fingerprint density at radius 3 is 0.622 bits per heavy atom. The van der Waals surface area contributed by atoms with Crippen molar-refractivity contribution >= 4 is 87.2 Å². The number of hydrogen-bond acceptors (Lipinski definition) is 0. The monoisotopic (exact) mass is 1140 g/mol. The highest BCUT2D eigenvalue weighted by molar-refractivity contribution is 6.15. The maximum atomic E-state index is 2.65. The smallest absolute Gasteiger partial charge is 0.0721 e. The highest BCUT2D eigenvalue weighted by Gasteiger charge is 2.59. The van der Waals surface area contributed by atoms with Gasteiger partial charge < -0.3 is 18.3 Å². The van der Waals surface area contributed by atoms with Crippen LogP contribution in [0.5, 0.6) is 0 Å². The van der Waals surface area contributed by atoms with Gasteiger partial charge in [-0.15, -0.1) is 0 Å². The molecule has 0 saturated heterocycles. The molecule has 0 bridgehead atoms. The highest BCUT2D eigenvalue weighted by atomic mass is 15.0. The highest BCUT2D eigenvalue weighted by Crippen LogP contribution is 2.68. The van der Waals surface area contributed by atoms with E-state index in [0.29, 0.717) is 0 Å². The summed E-state index contributed by atoms with van der Waals surface area (Å²) < 4.78 is 9.93. The van der Waals surface area contributed by atoms with Gasteiger partial charge in [-0.25, -0.2) is 0 Å². The molecule has 0 radical (unpaired) electrons. The minimum atomic E-state index is -0.743. The van der Waals surface area contributed by atoms with Crippen LogP contribution in [0.25, 0.3) is 132 Å². The van der Waals surface area contributed by atoms with Gasteiger partial charge in [0.25, 0.3) is 0 Å². The Kier molecular flexibility index (Phi) is 9.41. The fourth-order valence-corrected chi connectivity index (χ4v) is 17.7. The number of hydrogen-bond donors (Lipinski definition) is 0. The fraction of sp³-hybridized carbons (Fsp3) is 0.0233. The quantitative estimate of drug-likeness (QED) is 0.167. The Morgan fingerprint density at radius 2 is 0.356 bits per heavy atom. The van der Waals surface area contributed by atoms with Crippen molar-refractivity contribution < 1.29 is 0 Å². The number of rotatable bonds is 4. The normalized spacial score (nSPS) is 14.0. The number of para-hydroxylation sites is 6. The Morgan fingerprint density at radius 1 is 0.156 bits per heavy atom. The van der Waals surface area contributed by atoms with Gasteiger partial charge in [0.1, 0.15) is 0 Å². The number of benzene rings is 14. The molecule has 3 aliphatic rings. The van der Waals surface area contributed by atoms with E-state index in [0.717, 1.165) is 22.7 Å². The lowest BCUT2D eigenvalue weighted by molar-refractivity contribution is 0.635. The molecule has 2 spiro atoms. The van der Waals surface area contributed by atoms with Crippen molar-refractivity contribution in [3.8, 4) is 45.0 Å². The molecule has 0 unspecified atom stereocenters. The second-order valence-electron chi connectivity index (χ2n) is 25.0. The third-order valence-corrected chi connectivity index (χ3v) is 21.0. The van der Waals surface area contributed by atoms with Gasteiger partial charge >= 0.3 is 0 Å². The van der Waals surface area contributed by atoms with Crippen LogP contribution in [0.2, 0.25) is 0 Å². The topological polar surface area (TPSA) is 19.7 Å². The molecule has 0 amide bonds. The largest absolute Gasteiger partial charge is 0.309 e. The summed E-state index contributed by atoms with van der Waals surface area (Å²) in [6.45, 7) is 0. The molecule has 0 atom stereocenters. The van der Waals surface area contributed by atoms with E-state index in [1.54, 1.807) is 0 Å². The minimum absolute atomic E-state index is 0.743. The van der Waals surface area contributed by atoms with Crippen molar-refractivity contribution in [3.63, 3.8) is 0 Å². The molecule has 18 aromatic rings. The van der Waals surface area contributed by atoms with Crippen LogP contribution in [0.3, 0.4) is 0 Å². The Balaban J connectivity index is 0.879. The second-order valence-corrected chi connectivity index (χ2v) is 25.0. The van der Waals surface area contributed by atoms with Gasteiger partial charge in [0.15, 0.2) is 0 Å². The molecular formula is C86H52N4. The van der Waals surface area contributed by atoms with Crippen LogP contribution >= 0.6 is 0 Å². The summed E-state index contributed by atoms with van der Waals surface area (Å²) in [7, 11) is 0. The van der Waals surface area contributed by atoms with E-state index < -0.39 is 10.8 Å². The first-order valence-electron chi connectivity index (χ1n) is 31.4. The van der Waals surface area contributed by atoms with Crippen molar-refractivity contribution in [2.24, 2.45) is 0 Å². The summed E-state index contributed by atoms with van der Waals surface area (Å²) in [5.74, 6) is 0. The van der Waals surface area contributed by atoms with E-state index in [4.69, 9.17) is 0 Å². The van der Waals surface area contributed by atoms with E-state index in [-0.39, 0.29) is 0 Å². The summed E-state index contributed by atoms with van der Waals surface area (Å²) in [5.41, 5.74) is 28.1. The molecule has 4 heteroatoms. The standard InChI is InChI=1S/C86H52N4/c1-11-31-69-57(21-1)58-22-2-12-32-70(58)85(69)73-49-67-65-29-9-19-39-81(65)90(56-47-43-54(44-48-56)88-79-37-17-7-27-63(79)64-28-8-18-38-80(64)88)84(67)52-76(73)86(71-33-13-3-23-59(71)60-24-4-14-34-72(60)86)74-50-68-66-30-10-20-40-82(66)89(83(68)51-75(74)85)55-45-41-53(42-46-55)87-77-35-15-5-25-61(77)62-26-6-16-36-78(62)87/h1-52H. The van der Waals surface area contributed by atoms with Crippen molar-refractivity contribution in [2.45, 2.75) is 10.8 Å². The Bertz CT molecular complexity index is 5580. The van der Waals surface area contributed by atoms with Crippen LogP contribution < -0.4 is 0 Å². The molecule has 90 heavy (non-hydrogen) atoms. The summed E-state index contributed by atoms with van der Waals surface area (Å²) in [6, 6.07) is 120. The number of aromatic nitrogens is 4. The van der Waals surface area contributed by atoms with E-state index in [2.05, 4.69) is 334 Å². The van der Waals surface area contributed by atoms with Crippen molar-refractivity contribution in [1.29, 1.82) is 0 Å². The van der Waals surface area contributed by atoms with Gasteiger partial charge in [-0.05, 0) is 176 Å². The number of nitrogens with zero attached hydrogens (tertiary/aromatic N) is 4. The van der Waals surface area contributed by atoms with Crippen LogP contribution in [-0.2, 0) is 10.8 Å². The van der Waals surface area contributed by atoms with Gasteiger partial charge in [-0.2, -0.15) is 0 Å². The Labute approximate surface area is 518 Å². The summed E-state index contributed by atoms with van der Waals surface area (Å²) in [6.07, 6.45) is 0. The lowest BCUT2D eigenvalue weighted by Gasteiger charge is -2.49. The van der Waals surface area contributed by atoms with E-state index in [9.17, 15) is 0 Å². The molecule has 0 aliphatic heterocycles. The molecule has 0 saturated carbocycles. The zero-order valence-corrected chi connectivity index (χ0v) is 48.8. The molecule has 14 aromatic carbocycles. The summed E-state index contributed by atoms with van der Waals surface area (Å²) in [4.78, 5) is 0. The lowest BCUT2D eigenvalue weighted by atomic mass is 9.52. The van der Waals surface area contributed by atoms with Gasteiger partial charge in [0.2, 0.25) is 0 Å². The van der Waals surface area contributed by atoms with Crippen LogP contribution in [0.1, 0.15) is 44.5 Å². The molecule has 4 nitrogen and oxygen atoms in total. The summed E-state index contributed by atoms with van der Waals surface area (Å²) in [5, 5.41) is 9.94. The van der Waals surface area contributed by atoms with Crippen molar-refractivity contribution in [2.75, 3.05) is 0 Å².